The van der Waals surface area contributed by atoms with Gasteiger partial charge in [0.2, 0.25) is 5.95 Å². The largest absolute Gasteiger partial charge is 0.376 e. The molecule has 21 heavy (non-hydrogen) atoms. The zero-order valence-corrected chi connectivity index (χ0v) is 11.8. The Morgan fingerprint density at radius 2 is 2.10 bits per heavy atom. The molecule has 0 aliphatic carbocycles. The van der Waals surface area contributed by atoms with Crippen molar-refractivity contribution in [1.29, 1.82) is 0 Å². The molecule has 1 atom stereocenters. The number of benzene rings is 1. The van der Waals surface area contributed by atoms with Crippen LogP contribution in [-0.2, 0) is 11.3 Å². The van der Waals surface area contributed by atoms with Crippen LogP contribution in [0.25, 0.3) is 0 Å². The van der Waals surface area contributed by atoms with E-state index in [1.165, 1.54) is 6.07 Å². The van der Waals surface area contributed by atoms with Gasteiger partial charge in [-0.2, -0.15) is 0 Å². The molecule has 0 radical (unpaired) electrons. The van der Waals surface area contributed by atoms with Crippen LogP contribution in [0.1, 0.15) is 18.4 Å². The molecule has 0 bridgehead atoms. The Hall–Kier alpha value is -2.01. The third-order valence-corrected chi connectivity index (χ3v) is 3.55. The highest BCUT2D eigenvalue weighted by molar-refractivity contribution is 5.32. The van der Waals surface area contributed by atoms with Crippen LogP contribution >= 0.6 is 0 Å². The average molecular weight is 287 g/mol. The minimum absolute atomic E-state index is 0.197. The standard InChI is InChI=1S/C16H18FN3O/c17-14-5-1-4-13(10-14)11-20(12-15-6-2-9-21-15)16-18-7-3-8-19-16/h1,3-5,7-8,10,15H,2,6,9,11-12H2. The molecule has 1 aromatic heterocycles. The van der Waals surface area contributed by atoms with E-state index in [-0.39, 0.29) is 11.9 Å². The Balaban J connectivity index is 1.78. The van der Waals surface area contributed by atoms with Gasteiger partial charge in [0.05, 0.1) is 6.10 Å². The van der Waals surface area contributed by atoms with Crippen LogP contribution in [0.3, 0.4) is 0 Å². The lowest BCUT2D eigenvalue weighted by Gasteiger charge is -2.25. The van der Waals surface area contributed by atoms with Crippen LogP contribution in [0.15, 0.2) is 42.7 Å². The van der Waals surface area contributed by atoms with Gasteiger partial charge in [0, 0.05) is 32.1 Å². The van der Waals surface area contributed by atoms with Gasteiger partial charge in [-0.1, -0.05) is 12.1 Å². The Morgan fingerprint density at radius 3 is 2.81 bits per heavy atom. The third kappa shape index (κ3) is 3.76. The molecule has 0 spiro atoms. The molecule has 1 aromatic carbocycles. The SMILES string of the molecule is Fc1cccc(CN(CC2CCCO2)c2ncccn2)c1. The van der Waals surface area contributed by atoms with Crippen molar-refractivity contribution >= 4 is 5.95 Å². The van der Waals surface area contributed by atoms with Crippen LogP contribution in [0, 0.1) is 5.82 Å². The van der Waals surface area contributed by atoms with Gasteiger partial charge in [0.1, 0.15) is 5.82 Å². The van der Waals surface area contributed by atoms with Gasteiger partial charge in [-0.05, 0) is 36.6 Å². The Morgan fingerprint density at radius 1 is 1.24 bits per heavy atom. The van der Waals surface area contributed by atoms with Crippen molar-refractivity contribution < 1.29 is 9.13 Å². The van der Waals surface area contributed by atoms with Gasteiger partial charge in [0.25, 0.3) is 0 Å². The summed E-state index contributed by atoms with van der Waals surface area (Å²) in [6.45, 7) is 2.11. The maximum atomic E-state index is 13.4. The fourth-order valence-electron chi connectivity index (χ4n) is 2.56. The van der Waals surface area contributed by atoms with Crippen molar-refractivity contribution in [1.82, 2.24) is 9.97 Å². The molecule has 1 fully saturated rings. The average Bonchev–Trinajstić information content (AvgIpc) is 3.01. The van der Waals surface area contributed by atoms with Gasteiger partial charge < -0.3 is 9.64 Å². The molecule has 1 aliphatic rings. The number of hydrogen-bond acceptors (Lipinski definition) is 4. The summed E-state index contributed by atoms with van der Waals surface area (Å²) in [5.41, 5.74) is 0.903. The quantitative estimate of drug-likeness (QED) is 0.847. The molecule has 0 N–H and O–H groups in total. The summed E-state index contributed by atoms with van der Waals surface area (Å²) >= 11 is 0. The topological polar surface area (TPSA) is 38.2 Å². The lowest BCUT2D eigenvalue weighted by Crippen LogP contribution is -2.33. The van der Waals surface area contributed by atoms with E-state index in [2.05, 4.69) is 9.97 Å². The molecular formula is C16H18FN3O. The second-order valence-corrected chi connectivity index (χ2v) is 5.19. The van der Waals surface area contributed by atoms with E-state index in [9.17, 15) is 4.39 Å². The number of rotatable bonds is 5. The lowest BCUT2D eigenvalue weighted by atomic mass is 10.2. The number of ether oxygens (including phenoxy) is 1. The van der Waals surface area contributed by atoms with Crippen molar-refractivity contribution in [3.63, 3.8) is 0 Å². The second kappa shape index (κ2) is 6.63. The van der Waals surface area contributed by atoms with Gasteiger partial charge >= 0.3 is 0 Å². The van der Waals surface area contributed by atoms with Gasteiger partial charge in [-0.25, -0.2) is 14.4 Å². The van der Waals surface area contributed by atoms with Crippen molar-refractivity contribution in [3.8, 4) is 0 Å². The first-order chi connectivity index (χ1) is 10.3. The van der Waals surface area contributed by atoms with E-state index in [1.807, 2.05) is 11.0 Å². The predicted molar refractivity (Wildman–Crippen MR) is 78.5 cm³/mol. The molecule has 1 saturated heterocycles. The lowest BCUT2D eigenvalue weighted by molar-refractivity contribution is 0.115. The Bertz CT molecular complexity index is 573. The van der Waals surface area contributed by atoms with Crippen molar-refractivity contribution in [3.05, 3.63) is 54.1 Å². The summed E-state index contributed by atoms with van der Waals surface area (Å²) in [5, 5.41) is 0. The summed E-state index contributed by atoms with van der Waals surface area (Å²) in [4.78, 5) is 10.7. The molecule has 0 saturated carbocycles. The molecule has 2 heterocycles. The normalized spacial score (nSPS) is 17.9. The first-order valence-corrected chi connectivity index (χ1v) is 7.19. The van der Waals surface area contributed by atoms with Crippen LogP contribution < -0.4 is 4.90 Å². The minimum atomic E-state index is -0.224. The van der Waals surface area contributed by atoms with Gasteiger partial charge in [-0.3, -0.25) is 0 Å². The zero-order chi connectivity index (χ0) is 14.5. The van der Waals surface area contributed by atoms with Crippen LogP contribution in [-0.4, -0.2) is 29.2 Å². The number of nitrogens with zero attached hydrogens (tertiary/aromatic N) is 3. The van der Waals surface area contributed by atoms with Crippen molar-refractivity contribution in [2.24, 2.45) is 0 Å². The molecule has 1 unspecified atom stereocenters. The highest BCUT2D eigenvalue weighted by Gasteiger charge is 2.21. The molecule has 1 aliphatic heterocycles. The Kier molecular flexibility index (Phi) is 4.40. The summed E-state index contributed by atoms with van der Waals surface area (Å²) in [6, 6.07) is 8.42. The molecular weight excluding hydrogens is 269 g/mol. The van der Waals surface area contributed by atoms with E-state index < -0.39 is 0 Å². The monoisotopic (exact) mass is 287 g/mol. The van der Waals surface area contributed by atoms with E-state index in [0.717, 1.165) is 31.6 Å². The summed E-state index contributed by atoms with van der Waals surface area (Å²) in [5.74, 6) is 0.427. The molecule has 4 nitrogen and oxygen atoms in total. The molecule has 2 aromatic rings. The summed E-state index contributed by atoms with van der Waals surface area (Å²) in [7, 11) is 0. The number of aromatic nitrogens is 2. The predicted octanol–water partition coefficient (Wildman–Crippen LogP) is 2.80. The van der Waals surface area contributed by atoms with E-state index in [1.54, 1.807) is 30.6 Å². The summed E-state index contributed by atoms with van der Waals surface area (Å²) < 4.78 is 19.0. The van der Waals surface area contributed by atoms with Gasteiger partial charge in [0.15, 0.2) is 0 Å². The van der Waals surface area contributed by atoms with E-state index >= 15 is 0 Å². The second-order valence-electron chi connectivity index (χ2n) is 5.19. The maximum Gasteiger partial charge on any atom is 0.225 e. The zero-order valence-electron chi connectivity index (χ0n) is 11.8. The van der Waals surface area contributed by atoms with Gasteiger partial charge in [-0.15, -0.1) is 0 Å². The van der Waals surface area contributed by atoms with Crippen LogP contribution in [0.5, 0.6) is 0 Å². The third-order valence-electron chi connectivity index (χ3n) is 3.55. The fraction of sp³-hybridized carbons (Fsp3) is 0.375. The molecule has 5 heteroatoms. The number of halogens is 1. The highest BCUT2D eigenvalue weighted by atomic mass is 19.1. The Labute approximate surface area is 123 Å². The fourth-order valence-corrected chi connectivity index (χ4v) is 2.56. The van der Waals surface area contributed by atoms with Crippen LogP contribution in [0.2, 0.25) is 0 Å². The van der Waals surface area contributed by atoms with E-state index in [0.29, 0.717) is 12.5 Å². The molecule has 0 amide bonds. The maximum absolute atomic E-state index is 13.4. The smallest absolute Gasteiger partial charge is 0.225 e. The number of hydrogen-bond donors (Lipinski definition) is 0. The first-order valence-electron chi connectivity index (χ1n) is 7.19. The first kappa shape index (κ1) is 13.9. The van der Waals surface area contributed by atoms with E-state index in [4.69, 9.17) is 4.74 Å². The molecule has 110 valence electrons. The van der Waals surface area contributed by atoms with Crippen molar-refractivity contribution in [2.45, 2.75) is 25.5 Å². The van der Waals surface area contributed by atoms with Crippen LogP contribution in [0.4, 0.5) is 10.3 Å². The summed E-state index contributed by atoms with van der Waals surface area (Å²) in [6.07, 6.45) is 5.77. The highest BCUT2D eigenvalue weighted by Crippen LogP contribution is 2.18. The van der Waals surface area contributed by atoms with Crippen molar-refractivity contribution in [2.75, 3.05) is 18.1 Å². The minimum Gasteiger partial charge on any atom is -0.376 e. The number of anilines is 1. The molecule has 3 rings (SSSR count).